The largest absolute Gasteiger partial charge is 0.398 e. The van der Waals surface area contributed by atoms with Crippen LogP contribution >= 0.6 is 0 Å². The van der Waals surface area contributed by atoms with Gasteiger partial charge in [0, 0.05) is 16.8 Å². The smallest absolute Gasteiger partial charge is 0.195 e. The van der Waals surface area contributed by atoms with Gasteiger partial charge in [-0.3, -0.25) is 4.79 Å². The number of hydrogen-bond donors (Lipinski definition) is 1. The Balaban J connectivity index is 2.48. The van der Waals surface area contributed by atoms with Crippen LogP contribution in [0.1, 0.15) is 27.0 Å². The van der Waals surface area contributed by atoms with Crippen LogP contribution in [0.2, 0.25) is 0 Å². The van der Waals surface area contributed by atoms with Gasteiger partial charge in [-0.1, -0.05) is 35.9 Å². The molecule has 2 rings (SSSR count). The second-order valence-corrected chi connectivity index (χ2v) is 4.23. The molecule has 0 saturated carbocycles. The third-order valence-corrected chi connectivity index (χ3v) is 2.83. The first-order valence-corrected chi connectivity index (χ1v) is 5.56. The number of carbonyl (C=O) groups is 1. The van der Waals surface area contributed by atoms with Crippen molar-refractivity contribution in [2.24, 2.45) is 0 Å². The van der Waals surface area contributed by atoms with Gasteiger partial charge in [-0.2, -0.15) is 0 Å². The molecule has 0 aliphatic carbocycles. The Morgan fingerprint density at radius 1 is 1.00 bits per heavy atom. The highest BCUT2D eigenvalue weighted by Gasteiger charge is 2.13. The summed E-state index contributed by atoms with van der Waals surface area (Å²) in [6.45, 7) is 3.96. The van der Waals surface area contributed by atoms with Crippen molar-refractivity contribution in [3.05, 3.63) is 64.7 Å². The number of nitrogen functional groups attached to an aromatic ring is 1. The Morgan fingerprint density at radius 2 is 1.71 bits per heavy atom. The van der Waals surface area contributed by atoms with Gasteiger partial charge in [-0.25, -0.2) is 0 Å². The molecule has 17 heavy (non-hydrogen) atoms. The molecule has 2 N–H and O–H groups in total. The topological polar surface area (TPSA) is 43.1 Å². The van der Waals surface area contributed by atoms with E-state index < -0.39 is 0 Å². The van der Waals surface area contributed by atoms with Gasteiger partial charge >= 0.3 is 0 Å². The van der Waals surface area contributed by atoms with Gasteiger partial charge in [0.1, 0.15) is 0 Å². The molecule has 0 amide bonds. The minimum absolute atomic E-state index is 0.0133. The molecule has 0 unspecified atom stereocenters. The van der Waals surface area contributed by atoms with Crippen LogP contribution in [0.5, 0.6) is 0 Å². The molecular weight excluding hydrogens is 210 g/mol. The van der Waals surface area contributed by atoms with Crippen LogP contribution in [0.15, 0.2) is 42.5 Å². The van der Waals surface area contributed by atoms with Crippen LogP contribution in [0.3, 0.4) is 0 Å². The zero-order valence-electron chi connectivity index (χ0n) is 10.0. The third kappa shape index (κ3) is 2.21. The summed E-state index contributed by atoms with van der Waals surface area (Å²) in [5.41, 5.74) is 9.77. The van der Waals surface area contributed by atoms with Crippen molar-refractivity contribution in [2.45, 2.75) is 13.8 Å². The Labute approximate surface area is 101 Å². The number of para-hydroxylation sites is 1. The highest BCUT2D eigenvalue weighted by Crippen LogP contribution is 2.19. The maximum Gasteiger partial charge on any atom is 0.195 e. The predicted octanol–water partition coefficient (Wildman–Crippen LogP) is 3.12. The molecule has 0 spiro atoms. The molecule has 0 heterocycles. The van der Waals surface area contributed by atoms with Crippen molar-refractivity contribution >= 4 is 11.5 Å². The molecule has 2 nitrogen and oxygen atoms in total. The van der Waals surface area contributed by atoms with Crippen molar-refractivity contribution in [2.75, 3.05) is 5.73 Å². The molecule has 0 aliphatic rings. The van der Waals surface area contributed by atoms with E-state index in [2.05, 4.69) is 0 Å². The third-order valence-electron chi connectivity index (χ3n) is 2.83. The Kier molecular flexibility index (Phi) is 2.96. The Bertz CT molecular complexity index is 573. The lowest BCUT2D eigenvalue weighted by Crippen LogP contribution is -2.06. The molecular formula is C15H15NO. The van der Waals surface area contributed by atoms with E-state index in [1.165, 1.54) is 0 Å². The number of rotatable bonds is 2. The number of benzene rings is 2. The van der Waals surface area contributed by atoms with E-state index in [0.717, 1.165) is 11.1 Å². The van der Waals surface area contributed by atoms with Gasteiger partial charge in [0.15, 0.2) is 5.78 Å². The second kappa shape index (κ2) is 4.42. The second-order valence-electron chi connectivity index (χ2n) is 4.23. The molecule has 0 aliphatic heterocycles. The van der Waals surface area contributed by atoms with Crippen molar-refractivity contribution in [3.8, 4) is 0 Å². The summed E-state index contributed by atoms with van der Waals surface area (Å²) in [5, 5.41) is 0. The first-order chi connectivity index (χ1) is 8.09. The molecule has 2 aromatic rings. The molecule has 2 heteroatoms. The van der Waals surface area contributed by atoms with E-state index in [1.807, 2.05) is 44.2 Å². The lowest BCUT2D eigenvalue weighted by Gasteiger charge is -2.08. The van der Waals surface area contributed by atoms with E-state index in [1.54, 1.807) is 12.1 Å². The van der Waals surface area contributed by atoms with Gasteiger partial charge in [0.05, 0.1) is 0 Å². The minimum atomic E-state index is -0.0133. The summed E-state index contributed by atoms with van der Waals surface area (Å²) in [4.78, 5) is 12.3. The molecule has 0 atom stereocenters. The van der Waals surface area contributed by atoms with Crippen LogP contribution in [-0.4, -0.2) is 5.78 Å². The lowest BCUT2D eigenvalue weighted by atomic mass is 9.97. The van der Waals surface area contributed by atoms with Crippen LogP contribution in [0, 0.1) is 13.8 Å². The van der Waals surface area contributed by atoms with E-state index in [9.17, 15) is 4.79 Å². The number of hydrogen-bond acceptors (Lipinski definition) is 2. The van der Waals surface area contributed by atoms with Crippen molar-refractivity contribution in [1.29, 1.82) is 0 Å². The van der Waals surface area contributed by atoms with E-state index >= 15 is 0 Å². The molecule has 0 aromatic heterocycles. The first kappa shape index (κ1) is 11.4. The fourth-order valence-corrected chi connectivity index (χ4v) is 1.92. The highest BCUT2D eigenvalue weighted by molar-refractivity contribution is 6.12. The van der Waals surface area contributed by atoms with Gasteiger partial charge in [0.2, 0.25) is 0 Å². The van der Waals surface area contributed by atoms with Crippen molar-refractivity contribution in [3.63, 3.8) is 0 Å². The summed E-state index contributed by atoms with van der Waals surface area (Å²) >= 11 is 0. The molecule has 86 valence electrons. The van der Waals surface area contributed by atoms with Gasteiger partial charge in [0.25, 0.3) is 0 Å². The number of nitrogens with two attached hydrogens (primary N) is 1. The van der Waals surface area contributed by atoms with Crippen LogP contribution in [-0.2, 0) is 0 Å². The normalized spacial score (nSPS) is 10.2. The summed E-state index contributed by atoms with van der Waals surface area (Å²) in [5.74, 6) is -0.0133. The number of anilines is 1. The highest BCUT2D eigenvalue weighted by atomic mass is 16.1. The summed E-state index contributed by atoms with van der Waals surface area (Å²) in [6.07, 6.45) is 0. The lowest BCUT2D eigenvalue weighted by molar-refractivity contribution is 0.103. The number of carbonyl (C=O) groups excluding carboxylic acids is 1. The summed E-state index contributed by atoms with van der Waals surface area (Å²) in [6, 6.07) is 13.0. The van der Waals surface area contributed by atoms with Crippen LogP contribution < -0.4 is 5.73 Å². The van der Waals surface area contributed by atoms with Gasteiger partial charge in [-0.15, -0.1) is 0 Å². The quantitative estimate of drug-likeness (QED) is 0.630. The zero-order valence-corrected chi connectivity index (χ0v) is 10.0. The average molecular weight is 225 g/mol. The Morgan fingerprint density at radius 3 is 2.35 bits per heavy atom. The molecule has 0 radical (unpaired) electrons. The average Bonchev–Trinajstić information content (AvgIpc) is 2.29. The maximum absolute atomic E-state index is 12.3. The first-order valence-electron chi connectivity index (χ1n) is 5.56. The SMILES string of the molecule is Cc1ccc(C(=O)c2ccccc2N)c(C)c1. The fraction of sp³-hybridized carbons (Fsp3) is 0.133. The predicted molar refractivity (Wildman–Crippen MR) is 70.2 cm³/mol. The summed E-state index contributed by atoms with van der Waals surface area (Å²) < 4.78 is 0. The van der Waals surface area contributed by atoms with E-state index in [-0.39, 0.29) is 5.78 Å². The summed E-state index contributed by atoms with van der Waals surface area (Å²) in [7, 11) is 0. The van der Waals surface area contributed by atoms with Crippen LogP contribution in [0.25, 0.3) is 0 Å². The standard InChI is InChI=1S/C15H15NO/c1-10-7-8-12(11(2)9-10)15(17)13-5-3-4-6-14(13)16/h3-9H,16H2,1-2H3. The fourth-order valence-electron chi connectivity index (χ4n) is 1.92. The molecule has 2 aromatic carbocycles. The monoisotopic (exact) mass is 225 g/mol. The molecule has 0 bridgehead atoms. The van der Waals surface area contributed by atoms with Gasteiger partial charge in [-0.05, 0) is 31.5 Å². The van der Waals surface area contributed by atoms with E-state index in [0.29, 0.717) is 16.8 Å². The van der Waals surface area contributed by atoms with Crippen LogP contribution in [0.4, 0.5) is 5.69 Å². The molecule has 0 saturated heterocycles. The van der Waals surface area contributed by atoms with Crippen molar-refractivity contribution in [1.82, 2.24) is 0 Å². The molecule has 0 fully saturated rings. The maximum atomic E-state index is 12.3. The zero-order chi connectivity index (χ0) is 12.4. The number of ketones is 1. The Hall–Kier alpha value is -2.09. The van der Waals surface area contributed by atoms with Gasteiger partial charge < -0.3 is 5.73 Å². The minimum Gasteiger partial charge on any atom is -0.398 e. The van der Waals surface area contributed by atoms with Crippen molar-refractivity contribution < 1.29 is 4.79 Å². The number of aryl methyl sites for hydroxylation is 2. The van der Waals surface area contributed by atoms with E-state index in [4.69, 9.17) is 5.73 Å².